The van der Waals surface area contributed by atoms with E-state index in [1.54, 1.807) is 24.3 Å². The lowest BCUT2D eigenvalue weighted by Crippen LogP contribution is -2.02. The molecule has 0 heterocycles. The summed E-state index contributed by atoms with van der Waals surface area (Å²) in [6.45, 7) is 6.83. The third-order valence-electron chi connectivity index (χ3n) is 6.98. The van der Waals surface area contributed by atoms with Crippen LogP contribution in [0.3, 0.4) is 0 Å². The van der Waals surface area contributed by atoms with Crippen molar-refractivity contribution in [3.8, 4) is 33.8 Å². The number of hydrogen-bond donors (Lipinski definition) is 0. The Bertz CT molecular complexity index is 1320. The molecule has 41 heavy (non-hydrogen) atoms. The summed E-state index contributed by atoms with van der Waals surface area (Å²) < 4.78 is 10.3. The summed E-state index contributed by atoms with van der Waals surface area (Å²) in [5.74, 6) is 0.123. The zero-order valence-corrected chi connectivity index (χ0v) is 23.4. The second kappa shape index (κ2) is 15.2. The zero-order valence-electron chi connectivity index (χ0n) is 23.4. The lowest BCUT2D eigenvalue weighted by Gasteiger charge is -2.07. The zero-order chi connectivity index (χ0) is 28.9. The Kier molecular flexibility index (Phi) is 10.8. The van der Waals surface area contributed by atoms with Gasteiger partial charge in [-0.1, -0.05) is 105 Å². The molecule has 4 heteroatoms. The maximum atomic E-state index is 11.3. The van der Waals surface area contributed by atoms with Crippen molar-refractivity contribution in [1.29, 1.82) is 0 Å². The molecular weight excluding hydrogens is 508 g/mol. The number of carbonyl (C=O) groups excluding carboxylic acids is 2. The molecule has 0 radical (unpaired) electrons. The van der Waals surface area contributed by atoms with E-state index in [0.29, 0.717) is 11.5 Å². The maximum Gasteiger partial charge on any atom is 0.335 e. The lowest BCUT2D eigenvalue weighted by atomic mass is 9.99. The van der Waals surface area contributed by atoms with Gasteiger partial charge in [0.15, 0.2) is 0 Å². The number of carbonyl (C=O) groups is 2. The fraction of sp³-hybridized carbons (Fsp3) is 0.189. The van der Waals surface area contributed by atoms with Gasteiger partial charge in [-0.2, -0.15) is 0 Å². The first-order valence-electron chi connectivity index (χ1n) is 14.1. The van der Waals surface area contributed by atoms with Gasteiger partial charge in [0, 0.05) is 12.2 Å². The first-order chi connectivity index (χ1) is 20.0. The van der Waals surface area contributed by atoms with Gasteiger partial charge >= 0.3 is 11.9 Å². The summed E-state index contributed by atoms with van der Waals surface area (Å²) in [7, 11) is 0. The molecule has 0 unspecified atom stereocenters. The molecule has 4 aromatic rings. The van der Waals surface area contributed by atoms with Crippen LogP contribution in [0.1, 0.15) is 43.2 Å². The highest BCUT2D eigenvalue weighted by Gasteiger charge is 2.04. The van der Waals surface area contributed by atoms with Crippen molar-refractivity contribution in [2.45, 2.75) is 44.9 Å². The SMILES string of the molecule is C=CC(=O)Oc1ccc(-c2ccc(CCCCCCCc3ccc(-c4ccc(OC(=O)C=C)cc4)cc3)cc2)cc1. The molecule has 0 N–H and O–H groups in total. The molecular formula is C37H36O4. The molecule has 0 fully saturated rings. The van der Waals surface area contributed by atoms with Gasteiger partial charge in [0.2, 0.25) is 0 Å². The fourth-order valence-electron chi connectivity index (χ4n) is 4.66. The van der Waals surface area contributed by atoms with E-state index in [9.17, 15) is 9.59 Å². The van der Waals surface area contributed by atoms with E-state index in [2.05, 4.69) is 61.7 Å². The van der Waals surface area contributed by atoms with E-state index in [-0.39, 0.29) is 0 Å². The van der Waals surface area contributed by atoms with Crippen molar-refractivity contribution < 1.29 is 19.1 Å². The quantitative estimate of drug-likeness (QED) is 0.0688. The average Bonchev–Trinajstić information content (AvgIpc) is 3.02. The molecule has 4 aromatic carbocycles. The molecule has 0 spiro atoms. The van der Waals surface area contributed by atoms with Crippen molar-refractivity contribution in [3.05, 3.63) is 133 Å². The topological polar surface area (TPSA) is 52.6 Å². The van der Waals surface area contributed by atoms with Gasteiger partial charge in [-0.25, -0.2) is 9.59 Å². The Morgan fingerprint density at radius 3 is 1.07 bits per heavy atom. The lowest BCUT2D eigenvalue weighted by molar-refractivity contribution is -0.129. The number of esters is 2. The molecule has 0 bridgehead atoms. The molecule has 0 amide bonds. The van der Waals surface area contributed by atoms with Crippen LogP contribution in [0.5, 0.6) is 11.5 Å². The molecule has 0 saturated carbocycles. The van der Waals surface area contributed by atoms with Gasteiger partial charge in [0.25, 0.3) is 0 Å². The Hall–Kier alpha value is -4.70. The van der Waals surface area contributed by atoms with Gasteiger partial charge in [0.05, 0.1) is 0 Å². The molecule has 0 aliphatic heterocycles. The number of unbranched alkanes of at least 4 members (excludes halogenated alkanes) is 4. The third kappa shape index (κ3) is 9.18. The molecule has 0 aliphatic rings. The highest BCUT2D eigenvalue weighted by Crippen LogP contribution is 2.25. The molecule has 4 rings (SSSR count). The smallest absolute Gasteiger partial charge is 0.335 e. The predicted octanol–water partition coefficient (Wildman–Crippen LogP) is 8.94. The predicted molar refractivity (Wildman–Crippen MR) is 166 cm³/mol. The normalized spacial score (nSPS) is 10.5. The molecule has 0 aliphatic carbocycles. The van der Waals surface area contributed by atoms with Crippen LogP contribution in [0, 0.1) is 0 Å². The van der Waals surface area contributed by atoms with E-state index in [1.165, 1.54) is 43.2 Å². The minimum absolute atomic E-state index is 0.455. The highest BCUT2D eigenvalue weighted by molar-refractivity contribution is 5.84. The second-order valence-electron chi connectivity index (χ2n) is 9.96. The summed E-state index contributed by atoms with van der Waals surface area (Å²) in [4.78, 5) is 22.7. The fourth-order valence-corrected chi connectivity index (χ4v) is 4.66. The van der Waals surface area contributed by atoms with Gasteiger partial charge in [0.1, 0.15) is 11.5 Å². The standard InChI is InChI=1S/C37H36O4/c1-3-36(38)40-34-24-20-32(21-25-34)30-16-12-28(13-17-30)10-8-6-5-7-9-11-29-14-18-31(19-15-29)33-22-26-35(27-23-33)41-37(39)4-2/h3-4,12-27H,1-2,5-11H2. The van der Waals surface area contributed by atoms with E-state index in [1.807, 2.05) is 24.3 Å². The molecule has 0 saturated heterocycles. The summed E-state index contributed by atoms with van der Waals surface area (Å²) in [5.41, 5.74) is 7.19. The largest absolute Gasteiger partial charge is 0.423 e. The van der Waals surface area contributed by atoms with Crippen LogP contribution in [0.25, 0.3) is 22.3 Å². The van der Waals surface area contributed by atoms with Crippen LogP contribution in [0.2, 0.25) is 0 Å². The molecule has 0 aromatic heterocycles. The molecule has 208 valence electrons. The highest BCUT2D eigenvalue weighted by atomic mass is 16.5. The minimum atomic E-state index is -0.455. The van der Waals surface area contributed by atoms with Gasteiger partial charge < -0.3 is 9.47 Å². The van der Waals surface area contributed by atoms with E-state index in [0.717, 1.165) is 47.2 Å². The van der Waals surface area contributed by atoms with E-state index >= 15 is 0 Å². The van der Waals surface area contributed by atoms with Crippen molar-refractivity contribution in [2.24, 2.45) is 0 Å². The first kappa shape index (κ1) is 29.3. The van der Waals surface area contributed by atoms with Crippen molar-refractivity contribution in [3.63, 3.8) is 0 Å². The summed E-state index contributed by atoms with van der Waals surface area (Å²) in [5, 5.41) is 0. The van der Waals surface area contributed by atoms with Gasteiger partial charge in [-0.05, 0) is 83.3 Å². The van der Waals surface area contributed by atoms with E-state index < -0.39 is 11.9 Å². The van der Waals surface area contributed by atoms with Crippen molar-refractivity contribution in [2.75, 3.05) is 0 Å². The average molecular weight is 545 g/mol. The Morgan fingerprint density at radius 1 is 0.463 bits per heavy atom. The monoisotopic (exact) mass is 544 g/mol. The summed E-state index contributed by atoms with van der Waals surface area (Å²) in [6, 6.07) is 32.5. The van der Waals surface area contributed by atoms with Crippen LogP contribution < -0.4 is 9.47 Å². The third-order valence-corrected chi connectivity index (χ3v) is 6.98. The Balaban J connectivity index is 1.12. The van der Waals surface area contributed by atoms with Crippen molar-refractivity contribution in [1.82, 2.24) is 0 Å². The Morgan fingerprint density at radius 2 is 0.756 bits per heavy atom. The van der Waals surface area contributed by atoms with Crippen LogP contribution in [-0.4, -0.2) is 11.9 Å². The Labute approximate surface area is 243 Å². The molecule has 4 nitrogen and oxygen atoms in total. The number of rotatable bonds is 14. The van der Waals surface area contributed by atoms with Crippen LogP contribution in [-0.2, 0) is 22.4 Å². The van der Waals surface area contributed by atoms with Crippen LogP contribution in [0.15, 0.2) is 122 Å². The second-order valence-corrected chi connectivity index (χ2v) is 9.96. The maximum absolute atomic E-state index is 11.3. The van der Waals surface area contributed by atoms with Crippen molar-refractivity contribution >= 4 is 11.9 Å². The molecule has 0 atom stereocenters. The number of hydrogen-bond acceptors (Lipinski definition) is 4. The minimum Gasteiger partial charge on any atom is -0.423 e. The first-order valence-corrected chi connectivity index (χ1v) is 14.1. The van der Waals surface area contributed by atoms with E-state index in [4.69, 9.17) is 9.47 Å². The van der Waals surface area contributed by atoms with Crippen LogP contribution >= 0.6 is 0 Å². The van der Waals surface area contributed by atoms with Gasteiger partial charge in [-0.3, -0.25) is 0 Å². The number of benzene rings is 4. The summed E-state index contributed by atoms with van der Waals surface area (Å²) >= 11 is 0. The van der Waals surface area contributed by atoms with Gasteiger partial charge in [-0.15, -0.1) is 0 Å². The number of ether oxygens (including phenoxy) is 2. The van der Waals surface area contributed by atoms with Crippen LogP contribution in [0.4, 0.5) is 0 Å². The number of aryl methyl sites for hydroxylation is 2. The summed E-state index contributed by atoms with van der Waals surface area (Å²) in [6.07, 6.45) is 10.6.